The molecule has 2 aromatic rings. The maximum atomic E-state index is 13.5. The van der Waals surface area contributed by atoms with Crippen molar-refractivity contribution in [3.8, 4) is 0 Å². The number of morpholine rings is 1. The molecule has 11 heteroatoms. The molecule has 11 nitrogen and oxygen atoms in total. The van der Waals surface area contributed by atoms with E-state index in [0.717, 1.165) is 45.0 Å². The number of carbonyl (C=O) groups is 1. The van der Waals surface area contributed by atoms with Gasteiger partial charge in [-0.05, 0) is 18.6 Å². The molecule has 176 valence electrons. The first-order chi connectivity index (χ1) is 16.1. The van der Waals surface area contributed by atoms with Crippen molar-refractivity contribution in [2.75, 3.05) is 63.2 Å². The molecule has 33 heavy (non-hydrogen) atoms. The van der Waals surface area contributed by atoms with Crippen LogP contribution in [0.2, 0.25) is 0 Å². The van der Waals surface area contributed by atoms with Crippen molar-refractivity contribution in [1.29, 1.82) is 0 Å². The Morgan fingerprint density at radius 1 is 1.06 bits per heavy atom. The molecule has 0 saturated carbocycles. The molecule has 5 rings (SSSR count). The van der Waals surface area contributed by atoms with Crippen molar-refractivity contribution >= 4 is 23.2 Å². The summed E-state index contributed by atoms with van der Waals surface area (Å²) in [5, 5.41) is 9.49. The fourth-order valence-electron chi connectivity index (χ4n) is 4.73. The predicted octanol–water partition coefficient (Wildman–Crippen LogP) is 0.641. The number of aromatic nitrogens is 3. The second-order valence-corrected chi connectivity index (χ2v) is 8.62. The lowest BCUT2D eigenvalue weighted by atomic mass is 10.0. The van der Waals surface area contributed by atoms with Crippen LogP contribution in [0.4, 0.5) is 17.3 Å². The van der Waals surface area contributed by atoms with Crippen molar-refractivity contribution in [3.63, 3.8) is 0 Å². The van der Waals surface area contributed by atoms with E-state index >= 15 is 0 Å². The number of amides is 1. The fourth-order valence-corrected chi connectivity index (χ4v) is 4.73. The molecule has 1 spiro atoms. The SMILES string of the molecule is Cc1cc(Nc2cc(NCCN3CCOCC3)ncn2)c(=O)n2c1C(=O)NC21CCOCC1. The zero-order valence-corrected chi connectivity index (χ0v) is 18.7. The van der Waals surface area contributed by atoms with Gasteiger partial charge in [-0.1, -0.05) is 0 Å². The van der Waals surface area contributed by atoms with E-state index in [9.17, 15) is 9.59 Å². The smallest absolute Gasteiger partial charge is 0.276 e. The number of rotatable bonds is 6. The molecule has 5 heterocycles. The van der Waals surface area contributed by atoms with Gasteiger partial charge in [0.15, 0.2) is 0 Å². The van der Waals surface area contributed by atoms with Gasteiger partial charge in [0.2, 0.25) is 0 Å². The molecule has 0 bridgehead atoms. The lowest BCUT2D eigenvalue weighted by Gasteiger charge is -2.35. The normalized spacial score (nSPS) is 19.8. The summed E-state index contributed by atoms with van der Waals surface area (Å²) in [6, 6.07) is 3.49. The van der Waals surface area contributed by atoms with E-state index in [-0.39, 0.29) is 11.5 Å². The Morgan fingerprint density at radius 2 is 1.79 bits per heavy atom. The zero-order valence-electron chi connectivity index (χ0n) is 18.7. The van der Waals surface area contributed by atoms with Crippen molar-refractivity contribution in [1.82, 2.24) is 24.8 Å². The highest BCUT2D eigenvalue weighted by molar-refractivity contribution is 5.97. The van der Waals surface area contributed by atoms with Gasteiger partial charge in [-0.25, -0.2) is 9.97 Å². The lowest BCUT2D eigenvalue weighted by molar-refractivity contribution is 0.0120. The number of anilines is 3. The van der Waals surface area contributed by atoms with E-state index in [1.54, 1.807) is 16.7 Å². The van der Waals surface area contributed by atoms with Crippen LogP contribution in [0.5, 0.6) is 0 Å². The van der Waals surface area contributed by atoms with Crippen molar-refractivity contribution < 1.29 is 14.3 Å². The standard InChI is InChI=1S/C22H29N7O4/c1-15-12-16(21(31)29-19(15)20(30)27-22(29)2-8-32-9-3-22)26-18-13-17(24-14-25-18)23-4-5-28-6-10-33-11-7-28/h12-14H,2-11H2,1H3,(H,27,30)(H2,23,24,25,26). The largest absolute Gasteiger partial charge is 0.381 e. The van der Waals surface area contributed by atoms with Crippen LogP contribution >= 0.6 is 0 Å². The van der Waals surface area contributed by atoms with Crippen LogP contribution in [0.1, 0.15) is 28.9 Å². The molecule has 3 N–H and O–H groups in total. The summed E-state index contributed by atoms with van der Waals surface area (Å²) >= 11 is 0. The molecule has 0 radical (unpaired) electrons. The Balaban J connectivity index is 1.34. The third kappa shape index (κ3) is 4.31. The van der Waals surface area contributed by atoms with Crippen LogP contribution < -0.4 is 21.5 Å². The molecule has 0 unspecified atom stereocenters. The number of aryl methyl sites for hydroxylation is 1. The minimum Gasteiger partial charge on any atom is -0.381 e. The first-order valence-electron chi connectivity index (χ1n) is 11.4. The first-order valence-corrected chi connectivity index (χ1v) is 11.4. The summed E-state index contributed by atoms with van der Waals surface area (Å²) in [6.45, 7) is 7.88. The average Bonchev–Trinajstić information content (AvgIpc) is 3.10. The summed E-state index contributed by atoms with van der Waals surface area (Å²) in [5.74, 6) is 0.970. The highest BCUT2D eigenvalue weighted by Crippen LogP contribution is 2.33. The molecule has 3 aliphatic rings. The van der Waals surface area contributed by atoms with Gasteiger partial charge in [-0.3, -0.25) is 19.1 Å². The topological polar surface area (TPSA) is 123 Å². The quantitative estimate of drug-likeness (QED) is 0.576. The van der Waals surface area contributed by atoms with Crippen LogP contribution in [0.3, 0.4) is 0 Å². The maximum absolute atomic E-state index is 13.5. The number of nitrogens with zero attached hydrogens (tertiary/aromatic N) is 4. The fraction of sp³-hybridized carbons (Fsp3) is 0.545. The maximum Gasteiger partial charge on any atom is 0.276 e. The Labute approximate surface area is 191 Å². The molecule has 1 amide bonds. The molecule has 3 aliphatic heterocycles. The second kappa shape index (κ2) is 9.08. The van der Waals surface area contributed by atoms with E-state index < -0.39 is 5.66 Å². The number of hydrogen-bond donors (Lipinski definition) is 3. The highest BCUT2D eigenvalue weighted by Gasteiger charge is 2.45. The van der Waals surface area contributed by atoms with Crippen molar-refractivity contribution in [3.05, 3.63) is 40.1 Å². The van der Waals surface area contributed by atoms with Crippen molar-refractivity contribution in [2.45, 2.75) is 25.4 Å². The number of ether oxygens (including phenoxy) is 2. The van der Waals surface area contributed by atoms with Crippen molar-refractivity contribution in [2.24, 2.45) is 0 Å². The lowest BCUT2D eigenvalue weighted by Crippen LogP contribution is -2.51. The van der Waals surface area contributed by atoms with Gasteiger partial charge in [0.05, 0.1) is 26.4 Å². The number of fused-ring (bicyclic) bond motifs is 2. The molecule has 0 aromatic carbocycles. The summed E-state index contributed by atoms with van der Waals surface area (Å²) in [6.07, 6.45) is 2.57. The monoisotopic (exact) mass is 455 g/mol. The molecule has 2 aromatic heterocycles. The van der Waals surface area contributed by atoms with Gasteiger partial charge in [-0.15, -0.1) is 0 Å². The zero-order chi connectivity index (χ0) is 22.8. The van der Waals surface area contributed by atoms with E-state index in [4.69, 9.17) is 9.47 Å². The molecule has 0 atom stereocenters. The van der Waals surface area contributed by atoms with E-state index in [1.165, 1.54) is 6.33 Å². The summed E-state index contributed by atoms with van der Waals surface area (Å²) in [5.41, 5.74) is 0.534. The van der Waals surface area contributed by atoms with Gasteiger partial charge in [0.25, 0.3) is 11.5 Å². The number of hydrogen-bond acceptors (Lipinski definition) is 9. The van der Waals surface area contributed by atoms with E-state index in [0.29, 0.717) is 49.1 Å². The van der Waals surface area contributed by atoms with Gasteiger partial charge in [0.1, 0.15) is 35.0 Å². The Morgan fingerprint density at radius 3 is 2.58 bits per heavy atom. The van der Waals surface area contributed by atoms with Crippen LogP contribution in [0.15, 0.2) is 23.3 Å². The van der Waals surface area contributed by atoms with E-state index in [1.807, 2.05) is 6.92 Å². The van der Waals surface area contributed by atoms with Gasteiger partial charge < -0.3 is 25.4 Å². The van der Waals surface area contributed by atoms with Crippen LogP contribution in [0.25, 0.3) is 0 Å². The summed E-state index contributed by atoms with van der Waals surface area (Å²) in [4.78, 5) is 37.0. The highest BCUT2D eigenvalue weighted by atomic mass is 16.5. The third-order valence-corrected chi connectivity index (χ3v) is 6.47. The molecule has 2 saturated heterocycles. The van der Waals surface area contributed by atoms with Crippen LogP contribution in [-0.4, -0.2) is 77.9 Å². The minimum atomic E-state index is -0.734. The van der Waals surface area contributed by atoms with Gasteiger partial charge >= 0.3 is 0 Å². The third-order valence-electron chi connectivity index (χ3n) is 6.47. The number of nitrogens with one attached hydrogen (secondary N) is 3. The Hall–Kier alpha value is -3.02. The summed E-state index contributed by atoms with van der Waals surface area (Å²) < 4.78 is 12.5. The summed E-state index contributed by atoms with van der Waals surface area (Å²) in [7, 11) is 0. The molecule has 2 fully saturated rings. The number of pyridine rings is 1. The first kappa shape index (κ1) is 21.8. The second-order valence-electron chi connectivity index (χ2n) is 8.62. The van der Waals surface area contributed by atoms with Gasteiger partial charge in [-0.2, -0.15) is 0 Å². The minimum absolute atomic E-state index is 0.216. The molecular weight excluding hydrogens is 426 g/mol. The van der Waals surface area contributed by atoms with E-state index in [2.05, 4.69) is 30.8 Å². The molecule has 0 aliphatic carbocycles. The van der Waals surface area contributed by atoms with Crippen LogP contribution in [0, 0.1) is 6.92 Å². The Bertz CT molecular complexity index is 1090. The number of carbonyl (C=O) groups excluding carboxylic acids is 1. The Kier molecular flexibility index (Phi) is 6.00. The predicted molar refractivity (Wildman–Crippen MR) is 122 cm³/mol. The van der Waals surface area contributed by atoms with Gasteiger partial charge in [0, 0.05) is 45.1 Å². The average molecular weight is 456 g/mol. The molecular formula is C22H29N7O4. The van der Waals surface area contributed by atoms with Crippen LogP contribution in [-0.2, 0) is 15.1 Å².